The van der Waals surface area contributed by atoms with E-state index in [-0.39, 0.29) is 0 Å². The maximum absolute atomic E-state index is 4.23. The number of nitrogens with one attached hydrogen (secondary N) is 2. The van der Waals surface area contributed by atoms with E-state index in [1.165, 1.54) is 9.75 Å². The molecule has 0 saturated carbocycles. The highest BCUT2D eigenvalue weighted by Gasteiger charge is 2.01. The molecule has 0 saturated heterocycles. The molecule has 0 fully saturated rings. The molecule has 4 nitrogen and oxygen atoms in total. The van der Waals surface area contributed by atoms with Crippen LogP contribution in [0.5, 0.6) is 0 Å². The first-order valence-corrected chi connectivity index (χ1v) is 7.71. The number of hydrogen-bond acceptors (Lipinski definition) is 3. The Balaban J connectivity index is 2.29. The molecule has 0 aromatic carbocycles. The van der Waals surface area contributed by atoms with Gasteiger partial charge in [-0.15, -0.1) is 11.3 Å². The van der Waals surface area contributed by atoms with E-state index >= 15 is 0 Å². The molecule has 0 spiro atoms. The third-order valence-electron chi connectivity index (χ3n) is 3.05. The maximum Gasteiger partial charge on any atom is 0.191 e. The first-order chi connectivity index (χ1) is 9.19. The lowest BCUT2D eigenvalue weighted by molar-refractivity contribution is 0.357. The number of guanidine groups is 1. The first-order valence-electron chi connectivity index (χ1n) is 6.90. The van der Waals surface area contributed by atoms with Gasteiger partial charge in [-0.3, -0.25) is 4.99 Å². The van der Waals surface area contributed by atoms with Crippen molar-refractivity contribution in [3.63, 3.8) is 0 Å². The van der Waals surface area contributed by atoms with Gasteiger partial charge in [0.25, 0.3) is 0 Å². The third kappa shape index (κ3) is 6.07. The van der Waals surface area contributed by atoms with E-state index in [2.05, 4.69) is 53.6 Å². The van der Waals surface area contributed by atoms with E-state index < -0.39 is 0 Å². The second kappa shape index (κ2) is 8.93. The molecule has 2 N–H and O–H groups in total. The standard InChI is InChI=1S/C14H26N4S/c1-5-12-7-8-13(19-12)11-17-14(15-3)16-9-10-18(4)6-2/h7-8H,5-6,9-11H2,1-4H3,(H2,15,16,17). The van der Waals surface area contributed by atoms with Gasteiger partial charge >= 0.3 is 0 Å². The molecular weight excluding hydrogens is 256 g/mol. The molecule has 0 aliphatic carbocycles. The molecule has 0 amide bonds. The largest absolute Gasteiger partial charge is 0.355 e. The highest BCUT2D eigenvalue weighted by Crippen LogP contribution is 2.16. The fourth-order valence-electron chi connectivity index (χ4n) is 1.62. The summed E-state index contributed by atoms with van der Waals surface area (Å²) in [6.07, 6.45) is 1.11. The predicted octanol–water partition coefficient (Wildman–Crippen LogP) is 1.93. The molecule has 0 aliphatic rings. The average Bonchev–Trinajstić information content (AvgIpc) is 2.90. The molecule has 0 atom stereocenters. The Labute approximate surface area is 120 Å². The number of aryl methyl sites for hydroxylation is 1. The van der Waals surface area contributed by atoms with Gasteiger partial charge in [0, 0.05) is 29.9 Å². The highest BCUT2D eigenvalue weighted by atomic mass is 32.1. The van der Waals surface area contributed by atoms with Gasteiger partial charge in [0.2, 0.25) is 0 Å². The second-order valence-corrected chi connectivity index (χ2v) is 5.72. The van der Waals surface area contributed by atoms with Crippen molar-refractivity contribution in [2.45, 2.75) is 26.8 Å². The van der Waals surface area contributed by atoms with Crippen LogP contribution in [0.2, 0.25) is 0 Å². The highest BCUT2D eigenvalue weighted by molar-refractivity contribution is 7.11. The zero-order valence-electron chi connectivity index (χ0n) is 12.5. The Bertz CT molecular complexity index is 387. The van der Waals surface area contributed by atoms with Crippen molar-refractivity contribution >= 4 is 17.3 Å². The molecule has 1 rings (SSSR count). The molecule has 0 aliphatic heterocycles. The minimum absolute atomic E-state index is 0.841. The quantitative estimate of drug-likeness (QED) is 0.593. The van der Waals surface area contributed by atoms with Gasteiger partial charge < -0.3 is 15.5 Å². The van der Waals surface area contributed by atoms with Crippen molar-refractivity contribution in [3.05, 3.63) is 21.9 Å². The number of thiophene rings is 1. The van der Waals surface area contributed by atoms with Crippen LogP contribution in [0.4, 0.5) is 0 Å². The van der Waals surface area contributed by atoms with Crippen LogP contribution < -0.4 is 10.6 Å². The molecular formula is C14H26N4S. The van der Waals surface area contributed by atoms with Crippen molar-refractivity contribution in [1.29, 1.82) is 0 Å². The van der Waals surface area contributed by atoms with Crippen molar-refractivity contribution in [1.82, 2.24) is 15.5 Å². The number of rotatable bonds is 7. The van der Waals surface area contributed by atoms with Crippen LogP contribution in [-0.2, 0) is 13.0 Å². The molecule has 5 heteroatoms. The summed E-state index contributed by atoms with van der Waals surface area (Å²) in [6.45, 7) is 8.20. The summed E-state index contributed by atoms with van der Waals surface area (Å²) in [7, 11) is 3.93. The summed E-state index contributed by atoms with van der Waals surface area (Å²) in [6, 6.07) is 4.39. The molecule has 19 heavy (non-hydrogen) atoms. The lowest BCUT2D eigenvalue weighted by Crippen LogP contribution is -2.40. The average molecular weight is 282 g/mol. The SMILES string of the molecule is CCc1ccc(CNC(=NC)NCCN(C)CC)s1. The van der Waals surface area contributed by atoms with E-state index in [4.69, 9.17) is 0 Å². The minimum atomic E-state index is 0.841. The predicted molar refractivity (Wildman–Crippen MR) is 85.1 cm³/mol. The molecule has 1 aromatic rings. The van der Waals surface area contributed by atoms with Gasteiger partial charge in [-0.25, -0.2) is 0 Å². The van der Waals surface area contributed by atoms with Crippen LogP contribution in [0.15, 0.2) is 17.1 Å². The Morgan fingerprint density at radius 2 is 2.00 bits per heavy atom. The van der Waals surface area contributed by atoms with Crippen molar-refractivity contribution in [2.24, 2.45) is 4.99 Å². The number of likely N-dealkylation sites (N-methyl/N-ethyl adjacent to an activating group) is 1. The maximum atomic E-state index is 4.23. The summed E-state index contributed by atoms with van der Waals surface area (Å²) in [5, 5.41) is 6.67. The first kappa shape index (κ1) is 16.0. The Morgan fingerprint density at radius 3 is 2.58 bits per heavy atom. The third-order valence-corrected chi connectivity index (χ3v) is 4.27. The van der Waals surface area contributed by atoms with Crippen molar-refractivity contribution in [2.75, 3.05) is 33.7 Å². The lowest BCUT2D eigenvalue weighted by Gasteiger charge is -2.16. The van der Waals surface area contributed by atoms with Crippen molar-refractivity contribution in [3.8, 4) is 0 Å². The van der Waals surface area contributed by atoms with Crippen LogP contribution in [0, 0.1) is 0 Å². The van der Waals surface area contributed by atoms with Gasteiger partial charge in [-0.2, -0.15) is 0 Å². The Hall–Kier alpha value is -1.07. The van der Waals surface area contributed by atoms with Gasteiger partial charge in [0.05, 0.1) is 6.54 Å². The van der Waals surface area contributed by atoms with E-state index in [0.29, 0.717) is 0 Å². The van der Waals surface area contributed by atoms with E-state index in [9.17, 15) is 0 Å². The molecule has 1 heterocycles. The zero-order valence-corrected chi connectivity index (χ0v) is 13.3. The summed E-state index contributed by atoms with van der Waals surface area (Å²) in [5.74, 6) is 0.871. The van der Waals surface area contributed by atoms with E-state index in [1.807, 2.05) is 18.4 Å². The van der Waals surface area contributed by atoms with E-state index in [1.54, 1.807) is 0 Å². The summed E-state index contributed by atoms with van der Waals surface area (Å²) in [5.41, 5.74) is 0. The van der Waals surface area contributed by atoms with Gasteiger partial charge in [0.1, 0.15) is 0 Å². The monoisotopic (exact) mass is 282 g/mol. The summed E-state index contributed by atoms with van der Waals surface area (Å²) < 4.78 is 0. The molecule has 0 bridgehead atoms. The van der Waals surface area contributed by atoms with Crippen LogP contribution >= 0.6 is 11.3 Å². The number of nitrogens with zero attached hydrogens (tertiary/aromatic N) is 2. The topological polar surface area (TPSA) is 39.7 Å². The molecule has 0 unspecified atom stereocenters. The number of hydrogen-bond donors (Lipinski definition) is 2. The van der Waals surface area contributed by atoms with Crippen LogP contribution in [-0.4, -0.2) is 44.6 Å². The van der Waals surface area contributed by atoms with Crippen molar-refractivity contribution < 1.29 is 0 Å². The van der Waals surface area contributed by atoms with E-state index in [0.717, 1.165) is 38.6 Å². The number of aliphatic imine (C=N–C) groups is 1. The van der Waals surface area contributed by atoms with Gasteiger partial charge in [-0.05, 0) is 32.1 Å². The van der Waals surface area contributed by atoms with Crippen LogP contribution in [0.25, 0.3) is 0 Å². The fourth-order valence-corrected chi connectivity index (χ4v) is 2.52. The molecule has 0 radical (unpaired) electrons. The summed E-state index contributed by atoms with van der Waals surface area (Å²) in [4.78, 5) is 9.29. The second-order valence-electron chi connectivity index (χ2n) is 4.47. The van der Waals surface area contributed by atoms with Gasteiger partial charge in [-0.1, -0.05) is 13.8 Å². The van der Waals surface area contributed by atoms with Crippen LogP contribution in [0.1, 0.15) is 23.6 Å². The van der Waals surface area contributed by atoms with Crippen LogP contribution in [0.3, 0.4) is 0 Å². The van der Waals surface area contributed by atoms with Gasteiger partial charge in [0.15, 0.2) is 5.96 Å². The fraction of sp³-hybridized carbons (Fsp3) is 0.643. The zero-order chi connectivity index (χ0) is 14.1. The smallest absolute Gasteiger partial charge is 0.191 e. The molecule has 1 aromatic heterocycles. The lowest BCUT2D eigenvalue weighted by atomic mass is 10.4. The Morgan fingerprint density at radius 1 is 1.26 bits per heavy atom. The minimum Gasteiger partial charge on any atom is -0.355 e. The summed E-state index contributed by atoms with van der Waals surface area (Å²) >= 11 is 1.86. The Kier molecular flexibility index (Phi) is 7.52. The normalized spacial score (nSPS) is 11.9. The molecule has 108 valence electrons.